The Morgan fingerprint density at radius 2 is 2.00 bits per heavy atom. The van der Waals surface area contributed by atoms with Gasteiger partial charge in [-0.3, -0.25) is 4.79 Å². The van der Waals surface area contributed by atoms with Gasteiger partial charge in [0.1, 0.15) is 5.60 Å². The number of aryl methyl sites for hydroxylation is 1. The predicted molar refractivity (Wildman–Crippen MR) is 92.9 cm³/mol. The van der Waals surface area contributed by atoms with E-state index >= 15 is 0 Å². The standard InChI is InChI=1S/C18H30N2O3/c1-6-9-12-18(5,23-8-3)17(21)20-15-10-11-16(19-14(15)4)22-13-7-2/h10-11H,6-9,12-13H2,1-5H3,(H,20,21). The van der Waals surface area contributed by atoms with E-state index in [4.69, 9.17) is 9.47 Å². The van der Waals surface area contributed by atoms with Gasteiger partial charge in [0.25, 0.3) is 5.91 Å². The highest BCUT2D eigenvalue weighted by molar-refractivity contribution is 5.97. The van der Waals surface area contributed by atoms with Crippen LogP contribution in [0.1, 0.15) is 59.1 Å². The molecule has 5 nitrogen and oxygen atoms in total. The molecule has 0 aliphatic rings. The molecular weight excluding hydrogens is 292 g/mol. The first-order valence-electron chi connectivity index (χ1n) is 8.52. The highest BCUT2D eigenvalue weighted by atomic mass is 16.5. The fraction of sp³-hybridized carbons (Fsp3) is 0.667. The summed E-state index contributed by atoms with van der Waals surface area (Å²) in [5, 5.41) is 2.95. The molecule has 0 aromatic carbocycles. The quantitative estimate of drug-likeness (QED) is 0.704. The molecule has 1 heterocycles. The molecule has 1 atom stereocenters. The highest BCUT2D eigenvalue weighted by Crippen LogP contribution is 2.23. The van der Waals surface area contributed by atoms with E-state index in [2.05, 4.69) is 17.2 Å². The van der Waals surface area contributed by atoms with Crippen LogP contribution < -0.4 is 10.1 Å². The molecule has 130 valence electrons. The number of anilines is 1. The SMILES string of the molecule is CCCCC(C)(OCC)C(=O)Nc1ccc(OCCC)nc1C. The maximum Gasteiger partial charge on any atom is 0.256 e. The van der Waals surface area contributed by atoms with Crippen LogP contribution in [0.4, 0.5) is 5.69 Å². The zero-order valence-corrected chi connectivity index (χ0v) is 15.1. The first-order valence-corrected chi connectivity index (χ1v) is 8.52. The summed E-state index contributed by atoms with van der Waals surface area (Å²) in [6.07, 6.45) is 3.61. The molecule has 1 unspecified atom stereocenters. The van der Waals surface area contributed by atoms with E-state index in [0.29, 0.717) is 31.2 Å². The minimum absolute atomic E-state index is 0.125. The Labute approximate surface area is 139 Å². The summed E-state index contributed by atoms with van der Waals surface area (Å²) < 4.78 is 11.2. The van der Waals surface area contributed by atoms with Gasteiger partial charge in [-0.25, -0.2) is 4.98 Å². The number of carbonyl (C=O) groups is 1. The second-order valence-corrected chi connectivity index (χ2v) is 5.85. The van der Waals surface area contributed by atoms with Crippen molar-refractivity contribution in [3.8, 4) is 5.88 Å². The molecule has 0 aliphatic carbocycles. The van der Waals surface area contributed by atoms with Gasteiger partial charge in [-0.05, 0) is 39.7 Å². The van der Waals surface area contributed by atoms with E-state index in [1.807, 2.05) is 33.8 Å². The number of rotatable bonds is 10. The van der Waals surface area contributed by atoms with Gasteiger partial charge in [0.2, 0.25) is 5.88 Å². The van der Waals surface area contributed by atoms with Crippen molar-refractivity contribution in [3.63, 3.8) is 0 Å². The molecule has 0 saturated carbocycles. The Morgan fingerprint density at radius 1 is 1.26 bits per heavy atom. The summed E-state index contributed by atoms with van der Waals surface area (Å²) in [7, 11) is 0. The van der Waals surface area contributed by atoms with Gasteiger partial charge in [0.05, 0.1) is 18.0 Å². The molecule has 0 radical (unpaired) electrons. The second kappa shape index (κ2) is 9.50. The molecule has 0 fully saturated rings. The predicted octanol–water partition coefficient (Wildman–Crippen LogP) is 4.10. The lowest BCUT2D eigenvalue weighted by Crippen LogP contribution is -2.43. The maximum atomic E-state index is 12.6. The number of nitrogens with one attached hydrogen (secondary N) is 1. The van der Waals surface area contributed by atoms with Crippen LogP contribution >= 0.6 is 0 Å². The summed E-state index contributed by atoms with van der Waals surface area (Å²) >= 11 is 0. The van der Waals surface area contributed by atoms with Gasteiger partial charge in [0, 0.05) is 12.7 Å². The van der Waals surface area contributed by atoms with Crippen LogP contribution in [0.25, 0.3) is 0 Å². The van der Waals surface area contributed by atoms with Crippen LogP contribution in [0.3, 0.4) is 0 Å². The summed E-state index contributed by atoms with van der Waals surface area (Å²) in [4.78, 5) is 17.0. The zero-order valence-electron chi connectivity index (χ0n) is 15.1. The van der Waals surface area contributed by atoms with Gasteiger partial charge in [-0.1, -0.05) is 26.7 Å². The Hall–Kier alpha value is -1.62. The second-order valence-electron chi connectivity index (χ2n) is 5.85. The van der Waals surface area contributed by atoms with Crippen molar-refractivity contribution in [2.24, 2.45) is 0 Å². The number of aromatic nitrogens is 1. The Bertz CT molecular complexity index is 505. The number of hydrogen-bond donors (Lipinski definition) is 1. The van der Waals surface area contributed by atoms with Crippen LogP contribution in [0.15, 0.2) is 12.1 Å². The molecule has 1 amide bonds. The number of ether oxygens (including phenoxy) is 2. The van der Waals surface area contributed by atoms with Gasteiger partial charge >= 0.3 is 0 Å². The topological polar surface area (TPSA) is 60.5 Å². The number of nitrogens with zero attached hydrogens (tertiary/aromatic N) is 1. The van der Waals surface area contributed by atoms with Crippen LogP contribution in [0, 0.1) is 6.92 Å². The largest absolute Gasteiger partial charge is 0.478 e. The van der Waals surface area contributed by atoms with Crippen molar-refractivity contribution in [2.45, 2.75) is 65.9 Å². The molecule has 5 heteroatoms. The van der Waals surface area contributed by atoms with Crippen LogP contribution in [-0.4, -0.2) is 29.7 Å². The smallest absolute Gasteiger partial charge is 0.256 e. The number of hydrogen-bond acceptors (Lipinski definition) is 4. The zero-order chi connectivity index (χ0) is 17.3. The van der Waals surface area contributed by atoms with Crippen molar-refractivity contribution in [1.29, 1.82) is 0 Å². The molecule has 0 aliphatic heterocycles. The average Bonchev–Trinajstić information content (AvgIpc) is 2.53. The van der Waals surface area contributed by atoms with E-state index in [0.717, 1.165) is 25.0 Å². The molecular formula is C18H30N2O3. The normalized spacial score (nSPS) is 13.4. The molecule has 0 saturated heterocycles. The highest BCUT2D eigenvalue weighted by Gasteiger charge is 2.33. The molecule has 0 spiro atoms. The first-order chi connectivity index (χ1) is 11.0. The minimum atomic E-state index is -0.811. The Balaban J connectivity index is 2.81. The number of amides is 1. The molecule has 1 aromatic rings. The Morgan fingerprint density at radius 3 is 2.57 bits per heavy atom. The minimum Gasteiger partial charge on any atom is -0.478 e. The van der Waals surface area contributed by atoms with Crippen LogP contribution in [0.2, 0.25) is 0 Å². The first kappa shape index (κ1) is 19.4. The van der Waals surface area contributed by atoms with Crippen molar-refractivity contribution in [3.05, 3.63) is 17.8 Å². The van der Waals surface area contributed by atoms with Gasteiger partial charge in [-0.15, -0.1) is 0 Å². The molecule has 1 N–H and O–H groups in total. The van der Waals surface area contributed by atoms with Gasteiger partial charge in [-0.2, -0.15) is 0 Å². The molecule has 0 bridgehead atoms. The van der Waals surface area contributed by atoms with Gasteiger partial charge < -0.3 is 14.8 Å². The lowest BCUT2D eigenvalue weighted by atomic mass is 9.97. The lowest BCUT2D eigenvalue weighted by Gasteiger charge is -2.28. The Kier molecular flexibility index (Phi) is 8.03. The van der Waals surface area contributed by atoms with Gasteiger partial charge in [0.15, 0.2) is 0 Å². The van der Waals surface area contributed by atoms with Crippen molar-refractivity contribution in [1.82, 2.24) is 4.98 Å². The van der Waals surface area contributed by atoms with E-state index < -0.39 is 5.60 Å². The fourth-order valence-electron chi connectivity index (χ4n) is 2.30. The molecule has 1 aromatic heterocycles. The number of carbonyl (C=O) groups excluding carboxylic acids is 1. The average molecular weight is 322 g/mol. The van der Waals surface area contributed by atoms with Crippen molar-refractivity contribution >= 4 is 11.6 Å². The van der Waals surface area contributed by atoms with E-state index in [1.165, 1.54) is 0 Å². The molecule has 1 rings (SSSR count). The van der Waals surface area contributed by atoms with E-state index in [-0.39, 0.29) is 5.91 Å². The molecule has 23 heavy (non-hydrogen) atoms. The summed E-state index contributed by atoms with van der Waals surface area (Å²) in [5.41, 5.74) is 0.622. The number of unbranched alkanes of at least 4 members (excludes halogenated alkanes) is 1. The number of pyridine rings is 1. The third-order valence-electron chi connectivity index (χ3n) is 3.71. The van der Waals surface area contributed by atoms with Crippen LogP contribution in [-0.2, 0) is 9.53 Å². The summed E-state index contributed by atoms with van der Waals surface area (Å²) in [5.74, 6) is 0.459. The maximum absolute atomic E-state index is 12.6. The summed E-state index contributed by atoms with van der Waals surface area (Å²) in [6, 6.07) is 3.61. The third kappa shape index (κ3) is 5.82. The monoisotopic (exact) mass is 322 g/mol. The lowest BCUT2D eigenvalue weighted by molar-refractivity contribution is -0.139. The van der Waals surface area contributed by atoms with Crippen LogP contribution in [0.5, 0.6) is 5.88 Å². The van der Waals surface area contributed by atoms with E-state index in [9.17, 15) is 4.79 Å². The third-order valence-corrected chi connectivity index (χ3v) is 3.71. The van der Waals surface area contributed by atoms with E-state index in [1.54, 1.807) is 6.07 Å². The summed E-state index contributed by atoms with van der Waals surface area (Å²) in [6.45, 7) is 10.9. The van der Waals surface area contributed by atoms with Crippen molar-refractivity contribution < 1.29 is 14.3 Å². The van der Waals surface area contributed by atoms with Crippen molar-refractivity contribution in [2.75, 3.05) is 18.5 Å². The fourth-order valence-corrected chi connectivity index (χ4v) is 2.30.